The van der Waals surface area contributed by atoms with Gasteiger partial charge in [0.1, 0.15) is 0 Å². The standard InChI is InChI=1S/C9H15N3O4/c1-15-5-3-4-12-7(6-16-2)8(9(13)14)10-11-12/h3-6H2,1-2H3,(H,13,14). The van der Waals surface area contributed by atoms with Crippen molar-refractivity contribution in [2.75, 3.05) is 20.8 Å². The van der Waals surface area contributed by atoms with Gasteiger partial charge in [0.2, 0.25) is 0 Å². The molecule has 1 rings (SSSR count). The van der Waals surface area contributed by atoms with Crippen molar-refractivity contribution >= 4 is 5.97 Å². The Labute approximate surface area is 93.0 Å². The summed E-state index contributed by atoms with van der Waals surface area (Å²) in [6.45, 7) is 1.34. The van der Waals surface area contributed by atoms with Crippen molar-refractivity contribution in [3.05, 3.63) is 11.4 Å². The van der Waals surface area contributed by atoms with Crippen LogP contribution < -0.4 is 0 Å². The van der Waals surface area contributed by atoms with Crippen LogP contribution >= 0.6 is 0 Å². The monoisotopic (exact) mass is 229 g/mol. The number of rotatable bonds is 7. The molecule has 16 heavy (non-hydrogen) atoms. The number of methoxy groups -OCH3 is 2. The van der Waals surface area contributed by atoms with E-state index in [4.69, 9.17) is 14.6 Å². The number of ether oxygens (including phenoxy) is 2. The van der Waals surface area contributed by atoms with Crippen molar-refractivity contribution < 1.29 is 19.4 Å². The van der Waals surface area contributed by atoms with Crippen LogP contribution in [0.2, 0.25) is 0 Å². The molecule has 1 heterocycles. The summed E-state index contributed by atoms with van der Waals surface area (Å²) < 4.78 is 11.4. The lowest BCUT2D eigenvalue weighted by Gasteiger charge is -2.05. The Hall–Kier alpha value is -1.47. The lowest BCUT2D eigenvalue weighted by molar-refractivity contribution is 0.0684. The van der Waals surface area contributed by atoms with E-state index in [1.807, 2.05) is 0 Å². The number of carbonyl (C=O) groups is 1. The van der Waals surface area contributed by atoms with Crippen molar-refractivity contribution in [2.45, 2.75) is 19.6 Å². The molecule has 0 amide bonds. The molecule has 0 saturated carbocycles. The first-order chi connectivity index (χ1) is 7.70. The number of nitrogens with zero attached hydrogens (tertiary/aromatic N) is 3. The first-order valence-electron chi connectivity index (χ1n) is 4.84. The van der Waals surface area contributed by atoms with Gasteiger partial charge in [-0.25, -0.2) is 9.48 Å². The first-order valence-corrected chi connectivity index (χ1v) is 4.84. The van der Waals surface area contributed by atoms with Crippen molar-refractivity contribution in [1.82, 2.24) is 15.0 Å². The zero-order chi connectivity index (χ0) is 12.0. The minimum absolute atomic E-state index is 0.0562. The van der Waals surface area contributed by atoms with Crippen molar-refractivity contribution in [2.24, 2.45) is 0 Å². The predicted molar refractivity (Wildman–Crippen MR) is 54.2 cm³/mol. The molecule has 0 unspecified atom stereocenters. The molecule has 0 aromatic carbocycles. The molecule has 0 bridgehead atoms. The minimum Gasteiger partial charge on any atom is -0.476 e. The smallest absolute Gasteiger partial charge is 0.358 e. The Morgan fingerprint density at radius 3 is 2.75 bits per heavy atom. The van der Waals surface area contributed by atoms with Crippen LogP contribution in [0.1, 0.15) is 22.6 Å². The van der Waals surface area contributed by atoms with Crippen LogP contribution in [0.3, 0.4) is 0 Å². The maximum atomic E-state index is 10.8. The van der Waals surface area contributed by atoms with E-state index in [0.29, 0.717) is 18.8 Å². The highest BCUT2D eigenvalue weighted by Crippen LogP contribution is 2.07. The minimum atomic E-state index is -1.09. The second kappa shape index (κ2) is 6.19. The largest absolute Gasteiger partial charge is 0.476 e. The number of aryl methyl sites for hydroxylation is 1. The summed E-state index contributed by atoms with van der Waals surface area (Å²) in [7, 11) is 3.11. The third kappa shape index (κ3) is 3.01. The quantitative estimate of drug-likeness (QED) is 0.670. The van der Waals surface area contributed by atoms with Crippen LogP contribution in [0.25, 0.3) is 0 Å². The summed E-state index contributed by atoms with van der Waals surface area (Å²) in [5.74, 6) is -1.09. The fraction of sp³-hybridized carbons (Fsp3) is 0.667. The normalized spacial score (nSPS) is 10.6. The third-order valence-electron chi connectivity index (χ3n) is 2.04. The lowest BCUT2D eigenvalue weighted by Crippen LogP contribution is -2.10. The van der Waals surface area contributed by atoms with Gasteiger partial charge in [-0.15, -0.1) is 5.10 Å². The topological polar surface area (TPSA) is 86.5 Å². The second-order valence-corrected chi connectivity index (χ2v) is 3.19. The summed E-state index contributed by atoms with van der Waals surface area (Å²) >= 11 is 0. The lowest BCUT2D eigenvalue weighted by atomic mass is 10.3. The van der Waals surface area contributed by atoms with Gasteiger partial charge in [-0.2, -0.15) is 0 Å². The average molecular weight is 229 g/mol. The molecule has 0 aliphatic rings. The highest BCUT2D eigenvalue weighted by molar-refractivity contribution is 5.86. The van der Waals surface area contributed by atoms with Crippen LogP contribution in [-0.4, -0.2) is 46.9 Å². The maximum absolute atomic E-state index is 10.8. The first kappa shape index (κ1) is 12.6. The van der Waals surface area contributed by atoms with Crippen LogP contribution in [-0.2, 0) is 22.6 Å². The number of hydrogen-bond acceptors (Lipinski definition) is 5. The number of carboxylic acid groups (broad SMARTS) is 1. The number of carboxylic acids is 1. The molecule has 0 aliphatic heterocycles. The molecule has 1 N–H and O–H groups in total. The van der Waals surface area contributed by atoms with Crippen LogP contribution in [0.15, 0.2) is 0 Å². The Bertz CT molecular complexity index is 351. The molecule has 0 atom stereocenters. The zero-order valence-electron chi connectivity index (χ0n) is 9.34. The highest BCUT2D eigenvalue weighted by atomic mass is 16.5. The van der Waals surface area contributed by atoms with E-state index >= 15 is 0 Å². The number of aromatic carboxylic acids is 1. The molecular formula is C9H15N3O4. The van der Waals surface area contributed by atoms with Crippen molar-refractivity contribution in [3.8, 4) is 0 Å². The van der Waals surface area contributed by atoms with Crippen LogP contribution in [0.4, 0.5) is 0 Å². The Morgan fingerprint density at radius 2 is 2.19 bits per heavy atom. The Kier molecular flexibility index (Phi) is 4.87. The van der Waals surface area contributed by atoms with Gasteiger partial charge < -0.3 is 14.6 Å². The summed E-state index contributed by atoms with van der Waals surface area (Å²) in [5, 5.41) is 16.3. The zero-order valence-corrected chi connectivity index (χ0v) is 9.34. The molecular weight excluding hydrogens is 214 g/mol. The van der Waals surface area contributed by atoms with Gasteiger partial charge in [-0.1, -0.05) is 5.21 Å². The van der Waals surface area contributed by atoms with E-state index in [-0.39, 0.29) is 12.3 Å². The fourth-order valence-corrected chi connectivity index (χ4v) is 1.32. The molecule has 0 spiro atoms. The van der Waals surface area contributed by atoms with Crippen LogP contribution in [0, 0.1) is 0 Å². The Balaban J connectivity index is 2.78. The number of hydrogen-bond donors (Lipinski definition) is 1. The molecule has 0 fully saturated rings. The maximum Gasteiger partial charge on any atom is 0.358 e. The summed E-state index contributed by atoms with van der Waals surface area (Å²) in [6, 6.07) is 0. The molecule has 0 saturated heterocycles. The van der Waals surface area contributed by atoms with Gasteiger partial charge in [0, 0.05) is 27.4 Å². The summed E-state index contributed by atoms with van der Waals surface area (Å²) in [4.78, 5) is 10.8. The van der Waals surface area contributed by atoms with Crippen LogP contribution in [0.5, 0.6) is 0 Å². The Morgan fingerprint density at radius 1 is 1.44 bits per heavy atom. The molecule has 90 valence electrons. The summed E-state index contributed by atoms with van der Waals surface area (Å²) in [5.41, 5.74) is 0.422. The molecule has 1 aromatic heterocycles. The van der Waals surface area contributed by atoms with E-state index in [0.717, 1.165) is 6.42 Å². The molecule has 7 nitrogen and oxygen atoms in total. The third-order valence-corrected chi connectivity index (χ3v) is 2.04. The van der Waals surface area contributed by atoms with Gasteiger partial charge in [0.15, 0.2) is 5.69 Å². The van der Waals surface area contributed by atoms with E-state index in [9.17, 15) is 4.79 Å². The summed E-state index contributed by atoms with van der Waals surface area (Å²) in [6.07, 6.45) is 0.746. The van der Waals surface area contributed by atoms with Gasteiger partial charge in [-0.05, 0) is 6.42 Å². The molecule has 7 heteroatoms. The highest BCUT2D eigenvalue weighted by Gasteiger charge is 2.18. The van der Waals surface area contributed by atoms with Gasteiger partial charge in [0.25, 0.3) is 0 Å². The average Bonchev–Trinajstić information content (AvgIpc) is 2.63. The number of aromatic nitrogens is 3. The van der Waals surface area contributed by atoms with E-state index in [2.05, 4.69) is 10.3 Å². The molecule has 1 aromatic rings. The van der Waals surface area contributed by atoms with E-state index in [1.165, 1.54) is 11.8 Å². The molecule has 0 radical (unpaired) electrons. The van der Waals surface area contributed by atoms with Gasteiger partial charge in [0.05, 0.1) is 12.3 Å². The van der Waals surface area contributed by atoms with Gasteiger partial charge >= 0.3 is 5.97 Å². The van der Waals surface area contributed by atoms with Crippen molar-refractivity contribution in [1.29, 1.82) is 0 Å². The van der Waals surface area contributed by atoms with Crippen molar-refractivity contribution in [3.63, 3.8) is 0 Å². The molecule has 0 aliphatic carbocycles. The fourth-order valence-electron chi connectivity index (χ4n) is 1.32. The van der Waals surface area contributed by atoms with E-state index in [1.54, 1.807) is 7.11 Å². The predicted octanol–water partition coefficient (Wildman–Crippen LogP) is 0.159. The second-order valence-electron chi connectivity index (χ2n) is 3.19. The van der Waals surface area contributed by atoms with Gasteiger partial charge in [-0.3, -0.25) is 0 Å². The SMILES string of the molecule is COCCCn1nnc(C(=O)O)c1COC. The van der Waals surface area contributed by atoms with E-state index < -0.39 is 5.97 Å².